The number of halogens is 2. The highest BCUT2D eigenvalue weighted by atomic mass is 19.1. The quantitative estimate of drug-likeness (QED) is 0.734. The maximum absolute atomic E-state index is 13.3. The third kappa shape index (κ3) is 4.23. The van der Waals surface area contributed by atoms with Crippen molar-refractivity contribution in [2.45, 2.75) is 19.4 Å². The van der Waals surface area contributed by atoms with Crippen molar-refractivity contribution < 1.29 is 13.6 Å². The lowest BCUT2D eigenvalue weighted by Gasteiger charge is -2.11. The van der Waals surface area contributed by atoms with Crippen LogP contribution in [0.3, 0.4) is 0 Å². The number of amides is 1. The van der Waals surface area contributed by atoms with Crippen molar-refractivity contribution in [2.75, 3.05) is 18.4 Å². The van der Waals surface area contributed by atoms with Crippen LogP contribution in [0.5, 0.6) is 0 Å². The van der Waals surface area contributed by atoms with Crippen LogP contribution in [-0.2, 0) is 6.54 Å². The van der Waals surface area contributed by atoms with E-state index in [0.717, 1.165) is 49.2 Å². The Labute approximate surface area is 160 Å². The summed E-state index contributed by atoms with van der Waals surface area (Å²) in [6, 6.07) is 9.72. The minimum Gasteiger partial charge on any atom is -0.322 e. The molecular weight excluding hydrogens is 364 g/mol. The highest BCUT2D eigenvalue weighted by Gasteiger charge is 2.14. The first-order valence-electron chi connectivity index (χ1n) is 9.08. The van der Waals surface area contributed by atoms with Crippen molar-refractivity contribution in [3.8, 4) is 5.69 Å². The Hall–Kier alpha value is -3.13. The lowest BCUT2D eigenvalue weighted by atomic mass is 10.2. The number of rotatable bonds is 5. The lowest BCUT2D eigenvalue weighted by molar-refractivity contribution is 0.102. The summed E-state index contributed by atoms with van der Waals surface area (Å²) in [5.41, 5.74) is 2.01. The summed E-state index contributed by atoms with van der Waals surface area (Å²) in [6.07, 6.45) is 4.29. The van der Waals surface area contributed by atoms with Gasteiger partial charge >= 0.3 is 0 Å². The smallest absolute Gasteiger partial charge is 0.255 e. The van der Waals surface area contributed by atoms with Crippen LogP contribution in [0.25, 0.3) is 5.69 Å². The maximum Gasteiger partial charge on any atom is 0.255 e. The molecule has 0 radical (unpaired) electrons. The molecule has 2 heterocycles. The number of nitrogens with zero attached hydrogens (tertiary/aromatic N) is 4. The molecule has 0 aliphatic carbocycles. The number of aromatic nitrogens is 3. The Balaban J connectivity index is 1.48. The van der Waals surface area contributed by atoms with E-state index >= 15 is 0 Å². The summed E-state index contributed by atoms with van der Waals surface area (Å²) in [7, 11) is 0. The SMILES string of the molecule is O=C(Nc1cccc(-n2cc(CN3CCCC3)nn2)c1)c1cc(F)cc(F)c1. The van der Waals surface area contributed by atoms with Crippen molar-refractivity contribution in [3.05, 3.63) is 71.6 Å². The standard InChI is InChI=1S/C20H19F2N5O/c21-15-8-14(9-16(22)10-15)20(28)23-17-4-3-5-19(11-17)27-13-18(24-25-27)12-26-6-1-2-7-26/h3-5,8-11,13H,1-2,6-7,12H2,(H,23,28). The van der Waals surface area contributed by atoms with Crippen molar-refractivity contribution in [1.29, 1.82) is 0 Å². The molecule has 0 unspecified atom stereocenters. The number of hydrogen-bond donors (Lipinski definition) is 1. The van der Waals surface area contributed by atoms with Gasteiger partial charge in [-0.2, -0.15) is 0 Å². The lowest BCUT2D eigenvalue weighted by Crippen LogP contribution is -2.18. The fourth-order valence-electron chi connectivity index (χ4n) is 3.28. The van der Waals surface area contributed by atoms with Crippen LogP contribution < -0.4 is 5.32 Å². The van der Waals surface area contributed by atoms with Gasteiger partial charge in [-0.05, 0) is 56.3 Å². The molecule has 0 bridgehead atoms. The minimum atomic E-state index is -0.799. The first kappa shape index (κ1) is 18.2. The van der Waals surface area contributed by atoms with E-state index in [2.05, 4.69) is 20.5 Å². The number of hydrogen-bond acceptors (Lipinski definition) is 4. The van der Waals surface area contributed by atoms with Gasteiger partial charge in [0.1, 0.15) is 11.6 Å². The van der Waals surface area contributed by atoms with E-state index in [-0.39, 0.29) is 5.56 Å². The van der Waals surface area contributed by atoms with E-state index in [1.165, 1.54) is 12.8 Å². The van der Waals surface area contributed by atoms with E-state index in [9.17, 15) is 13.6 Å². The number of carbonyl (C=O) groups excluding carboxylic acids is 1. The molecule has 144 valence electrons. The molecule has 1 fully saturated rings. The van der Waals surface area contributed by atoms with Gasteiger partial charge in [0.05, 0.1) is 17.6 Å². The Morgan fingerprint density at radius 3 is 2.57 bits per heavy atom. The molecule has 1 aliphatic heterocycles. The summed E-state index contributed by atoms with van der Waals surface area (Å²) in [6.45, 7) is 2.92. The van der Waals surface area contributed by atoms with Gasteiger partial charge in [-0.15, -0.1) is 5.10 Å². The number of likely N-dealkylation sites (tertiary alicyclic amines) is 1. The first-order valence-corrected chi connectivity index (χ1v) is 9.08. The van der Waals surface area contributed by atoms with E-state index < -0.39 is 17.5 Å². The van der Waals surface area contributed by atoms with Gasteiger partial charge in [0.15, 0.2) is 0 Å². The van der Waals surface area contributed by atoms with Crippen LogP contribution >= 0.6 is 0 Å². The van der Waals surface area contributed by atoms with Crippen LogP contribution in [0.15, 0.2) is 48.7 Å². The third-order valence-electron chi connectivity index (χ3n) is 4.62. The molecule has 1 N–H and O–H groups in total. The van der Waals surface area contributed by atoms with E-state index in [0.29, 0.717) is 5.69 Å². The summed E-state index contributed by atoms with van der Waals surface area (Å²) >= 11 is 0. The summed E-state index contributed by atoms with van der Waals surface area (Å²) < 4.78 is 28.3. The molecule has 4 rings (SSSR count). The normalized spacial score (nSPS) is 14.4. The second kappa shape index (κ2) is 7.85. The van der Waals surface area contributed by atoms with Crippen molar-refractivity contribution >= 4 is 11.6 Å². The van der Waals surface area contributed by atoms with E-state index in [4.69, 9.17) is 0 Å². The van der Waals surface area contributed by atoms with Crippen LogP contribution in [0, 0.1) is 11.6 Å². The van der Waals surface area contributed by atoms with Gasteiger partial charge in [-0.3, -0.25) is 9.69 Å². The molecule has 6 nitrogen and oxygen atoms in total. The van der Waals surface area contributed by atoms with Gasteiger partial charge in [-0.25, -0.2) is 13.5 Å². The second-order valence-electron chi connectivity index (χ2n) is 6.80. The predicted octanol–water partition coefficient (Wildman–Crippen LogP) is 3.39. The molecule has 28 heavy (non-hydrogen) atoms. The molecular formula is C20H19F2N5O. The van der Waals surface area contributed by atoms with Crippen LogP contribution in [0.4, 0.5) is 14.5 Å². The molecule has 1 amide bonds. The van der Waals surface area contributed by atoms with E-state index in [1.54, 1.807) is 22.9 Å². The maximum atomic E-state index is 13.3. The van der Waals surface area contributed by atoms with Gasteiger partial charge < -0.3 is 5.32 Å². The number of carbonyl (C=O) groups is 1. The molecule has 0 spiro atoms. The topological polar surface area (TPSA) is 63.1 Å². The average Bonchev–Trinajstić information content (AvgIpc) is 3.34. The zero-order chi connectivity index (χ0) is 19.5. The van der Waals surface area contributed by atoms with Gasteiger partial charge in [-0.1, -0.05) is 11.3 Å². The van der Waals surface area contributed by atoms with Crippen molar-refractivity contribution in [2.24, 2.45) is 0 Å². The average molecular weight is 383 g/mol. The molecule has 1 aromatic heterocycles. The Kier molecular flexibility index (Phi) is 5.12. The molecule has 3 aromatic rings. The number of benzene rings is 2. The first-order chi connectivity index (χ1) is 13.6. The third-order valence-corrected chi connectivity index (χ3v) is 4.62. The summed E-state index contributed by atoms with van der Waals surface area (Å²) in [5.74, 6) is -2.19. The Morgan fingerprint density at radius 1 is 1.07 bits per heavy atom. The summed E-state index contributed by atoms with van der Waals surface area (Å²) in [5, 5.41) is 11.0. The monoisotopic (exact) mass is 383 g/mol. The van der Waals surface area contributed by atoms with Crippen LogP contribution in [-0.4, -0.2) is 38.9 Å². The minimum absolute atomic E-state index is 0.0865. The zero-order valence-corrected chi connectivity index (χ0v) is 15.1. The largest absolute Gasteiger partial charge is 0.322 e. The number of anilines is 1. The highest BCUT2D eigenvalue weighted by molar-refractivity contribution is 6.04. The van der Waals surface area contributed by atoms with Crippen molar-refractivity contribution in [1.82, 2.24) is 19.9 Å². The van der Waals surface area contributed by atoms with Gasteiger partial charge in [0, 0.05) is 23.9 Å². The van der Waals surface area contributed by atoms with Crippen LogP contribution in [0.2, 0.25) is 0 Å². The van der Waals surface area contributed by atoms with E-state index in [1.807, 2.05) is 12.3 Å². The van der Waals surface area contributed by atoms with Crippen molar-refractivity contribution in [3.63, 3.8) is 0 Å². The molecule has 1 saturated heterocycles. The fourth-order valence-corrected chi connectivity index (χ4v) is 3.28. The number of nitrogens with one attached hydrogen (secondary N) is 1. The molecule has 8 heteroatoms. The molecule has 0 saturated carbocycles. The van der Waals surface area contributed by atoms with Gasteiger partial charge in [0.25, 0.3) is 5.91 Å². The molecule has 1 aliphatic rings. The Morgan fingerprint density at radius 2 is 1.82 bits per heavy atom. The molecule has 0 atom stereocenters. The molecule has 2 aromatic carbocycles. The zero-order valence-electron chi connectivity index (χ0n) is 15.1. The Bertz CT molecular complexity index is 978. The van der Waals surface area contributed by atoms with Gasteiger partial charge in [0.2, 0.25) is 0 Å². The predicted molar refractivity (Wildman–Crippen MR) is 100 cm³/mol. The van der Waals surface area contributed by atoms with Crippen LogP contribution in [0.1, 0.15) is 28.9 Å². The second-order valence-corrected chi connectivity index (χ2v) is 6.80. The fraction of sp³-hybridized carbons (Fsp3) is 0.250. The highest BCUT2D eigenvalue weighted by Crippen LogP contribution is 2.17. The summed E-state index contributed by atoms with van der Waals surface area (Å²) in [4.78, 5) is 14.6.